The van der Waals surface area contributed by atoms with Crippen LogP contribution in [0, 0.1) is 0 Å². The Bertz CT molecular complexity index is 828. The molecule has 1 saturated heterocycles. The second-order valence-electron chi connectivity index (χ2n) is 7.81. The molecule has 2 aromatic rings. The molecule has 0 aromatic heterocycles. The lowest BCUT2D eigenvalue weighted by molar-refractivity contribution is -0.128. The zero-order valence-corrected chi connectivity index (χ0v) is 19.7. The van der Waals surface area contributed by atoms with E-state index in [1.807, 2.05) is 73.4 Å². The van der Waals surface area contributed by atoms with Gasteiger partial charge in [-0.15, -0.1) is 0 Å². The van der Waals surface area contributed by atoms with E-state index in [9.17, 15) is 4.79 Å². The molecular weight excluding hydrogens is 431 g/mol. The Morgan fingerprint density at radius 2 is 1.48 bits per heavy atom. The molecule has 0 radical (unpaired) electrons. The van der Waals surface area contributed by atoms with Crippen molar-refractivity contribution in [2.45, 2.75) is 26.4 Å². The zero-order valence-electron chi connectivity index (χ0n) is 18.2. The smallest absolute Gasteiger partial charge is 0.249 e. The van der Waals surface area contributed by atoms with Gasteiger partial charge in [0, 0.05) is 54.9 Å². The number of nitrogens with zero attached hydrogens (tertiary/aromatic N) is 2. The van der Waals surface area contributed by atoms with Crippen molar-refractivity contribution in [3.63, 3.8) is 0 Å². The molecule has 166 valence electrons. The van der Waals surface area contributed by atoms with Crippen LogP contribution < -0.4 is 0 Å². The maximum Gasteiger partial charge on any atom is 0.249 e. The van der Waals surface area contributed by atoms with E-state index in [1.165, 1.54) is 0 Å². The van der Waals surface area contributed by atoms with Crippen molar-refractivity contribution in [1.29, 1.82) is 0 Å². The normalized spacial score (nSPS) is 15.5. The van der Waals surface area contributed by atoms with Crippen molar-refractivity contribution < 1.29 is 9.53 Å². The third kappa shape index (κ3) is 6.81. The van der Waals surface area contributed by atoms with Gasteiger partial charge in [0.25, 0.3) is 0 Å². The Labute approximate surface area is 195 Å². The van der Waals surface area contributed by atoms with Crippen molar-refractivity contribution in [1.82, 2.24) is 9.80 Å². The molecule has 3 rings (SSSR count). The van der Waals surface area contributed by atoms with Gasteiger partial charge < -0.3 is 9.64 Å². The first-order valence-corrected chi connectivity index (χ1v) is 11.5. The highest BCUT2D eigenvalue weighted by atomic mass is 35.5. The van der Waals surface area contributed by atoms with Gasteiger partial charge in [-0.1, -0.05) is 53.5 Å². The fraction of sp³-hybridized carbons (Fsp3) is 0.400. The van der Waals surface area contributed by atoms with Crippen LogP contribution in [0.5, 0.6) is 0 Å². The van der Waals surface area contributed by atoms with Crippen molar-refractivity contribution >= 4 is 29.1 Å². The fourth-order valence-electron chi connectivity index (χ4n) is 3.70. The first kappa shape index (κ1) is 23.8. The van der Waals surface area contributed by atoms with Gasteiger partial charge in [-0.2, -0.15) is 0 Å². The van der Waals surface area contributed by atoms with Gasteiger partial charge in [-0.25, -0.2) is 0 Å². The first-order chi connectivity index (χ1) is 15.0. The maximum atomic E-state index is 12.3. The van der Waals surface area contributed by atoms with Gasteiger partial charge in [0.05, 0.1) is 0 Å². The summed E-state index contributed by atoms with van der Waals surface area (Å²) < 4.78 is 6.31. The molecule has 6 heteroatoms. The minimum atomic E-state index is -0.159. The molecule has 0 unspecified atom stereocenters. The Morgan fingerprint density at radius 3 is 1.97 bits per heavy atom. The molecule has 0 bridgehead atoms. The number of carbonyl (C=O) groups is 1. The molecule has 31 heavy (non-hydrogen) atoms. The minimum Gasteiger partial charge on any atom is -0.369 e. The minimum absolute atomic E-state index is 0.152. The second-order valence-corrected chi connectivity index (χ2v) is 8.69. The number of allylic oxidation sites excluding steroid dienone is 1. The Morgan fingerprint density at radius 1 is 0.968 bits per heavy atom. The van der Waals surface area contributed by atoms with Crippen molar-refractivity contribution in [3.8, 4) is 0 Å². The van der Waals surface area contributed by atoms with Gasteiger partial charge in [0.15, 0.2) is 0 Å². The van der Waals surface area contributed by atoms with Gasteiger partial charge in [-0.05, 0) is 55.7 Å². The monoisotopic (exact) mass is 460 g/mol. The third-order valence-corrected chi connectivity index (χ3v) is 6.18. The van der Waals surface area contributed by atoms with Gasteiger partial charge >= 0.3 is 0 Å². The summed E-state index contributed by atoms with van der Waals surface area (Å²) in [6, 6.07) is 15.6. The van der Waals surface area contributed by atoms with Crippen molar-refractivity contribution in [3.05, 3.63) is 81.4 Å². The van der Waals surface area contributed by atoms with E-state index in [-0.39, 0.29) is 12.0 Å². The summed E-state index contributed by atoms with van der Waals surface area (Å²) in [4.78, 5) is 16.6. The topological polar surface area (TPSA) is 32.8 Å². The molecule has 0 atom stereocenters. The number of amides is 1. The Kier molecular flexibility index (Phi) is 8.97. The highest BCUT2D eigenvalue weighted by Crippen LogP contribution is 2.28. The SMILES string of the molecule is C/C=C(\C)C(=O)N1CCN(CCCOC(c2ccc(Cl)cc2)c2ccc(Cl)cc2)CC1. The van der Waals surface area contributed by atoms with E-state index < -0.39 is 0 Å². The Balaban J connectivity index is 1.50. The quantitative estimate of drug-likeness (QED) is 0.379. The number of hydrogen-bond acceptors (Lipinski definition) is 3. The zero-order chi connectivity index (χ0) is 22.2. The van der Waals surface area contributed by atoms with E-state index in [4.69, 9.17) is 27.9 Å². The van der Waals surface area contributed by atoms with Crippen LogP contribution in [0.3, 0.4) is 0 Å². The molecule has 0 N–H and O–H groups in total. The second kappa shape index (κ2) is 11.7. The summed E-state index contributed by atoms with van der Waals surface area (Å²) in [5, 5.41) is 1.42. The van der Waals surface area contributed by atoms with E-state index >= 15 is 0 Å². The van der Waals surface area contributed by atoms with Gasteiger partial charge in [0.1, 0.15) is 6.10 Å². The lowest BCUT2D eigenvalue weighted by Gasteiger charge is -2.35. The van der Waals surface area contributed by atoms with Crippen LogP contribution in [0.25, 0.3) is 0 Å². The Hall–Kier alpha value is -1.85. The first-order valence-electron chi connectivity index (χ1n) is 10.7. The predicted molar refractivity (Wildman–Crippen MR) is 128 cm³/mol. The van der Waals surface area contributed by atoms with Crippen molar-refractivity contribution in [2.24, 2.45) is 0 Å². The number of piperazine rings is 1. The van der Waals surface area contributed by atoms with E-state index in [1.54, 1.807) is 0 Å². The standard InChI is InChI=1S/C25H30Cl2N2O2/c1-3-19(2)25(30)29-16-14-28(15-17-29)13-4-18-31-24(20-5-9-22(26)10-6-20)21-7-11-23(27)12-8-21/h3,5-12,24H,4,13-18H2,1-2H3/b19-3+. The summed E-state index contributed by atoms with van der Waals surface area (Å²) in [6.45, 7) is 8.76. The summed E-state index contributed by atoms with van der Waals surface area (Å²) in [5.41, 5.74) is 2.95. The number of carbonyl (C=O) groups excluding carboxylic acids is 1. The molecule has 0 aliphatic carbocycles. The largest absolute Gasteiger partial charge is 0.369 e. The molecule has 1 aliphatic rings. The molecule has 1 fully saturated rings. The van der Waals surface area contributed by atoms with Gasteiger partial charge in [0.2, 0.25) is 5.91 Å². The predicted octanol–water partition coefficient (Wildman–Crippen LogP) is 5.60. The maximum absolute atomic E-state index is 12.3. The van der Waals surface area contributed by atoms with E-state index in [0.717, 1.165) is 55.8 Å². The van der Waals surface area contributed by atoms with Crippen LogP contribution in [0.4, 0.5) is 0 Å². The fourth-order valence-corrected chi connectivity index (χ4v) is 3.95. The summed E-state index contributed by atoms with van der Waals surface area (Å²) >= 11 is 12.1. The highest BCUT2D eigenvalue weighted by molar-refractivity contribution is 6.30. The number of benzene rings is 2. The van der Waals surface area contributed by atoms with Crippen LogP contribution in [-0.4, -0.2) is 55.0 Å². The van der Waals surface area contributed by atoms with Crippen LogP contribution in [0.1, 0.15) is 37.5 Å². The number of halogens is 2. The average Bonchev–Trinajstić information content (AvgIpc) is 2.80. The van der Waals surface area contributed by atoms with Crippen LogP contribution in [0.15, 0.2) is 60.2 Å². The molecule has 1 aliphatic heterocycles. The number of hydrogen-bond donors (Lipinski definition) is 0. The van der Waals surface area contributed by atoms with Crippen LogP contribution >= 0.6 is 23.2 Å². The summed E-state index contributed by atoms with van der Waals surface area (Å²) in [6.07, 6.45) is 2.65. The summed E-state index contributed by atoms with van der Waals surface area (Å²) in [5.74, 6) is 0.152. The lowest BCUT2D eigenvalue weighted by atomic mass is 10.0. The van der Waals surface area contributed by atoms with Crippen LogP contribution in [-0.2, 0) is 9.53 Å². The molecular formula is C25H30Cl2N2O2. The van der Waals surface area contributed by atoms with Crippen molar-refractivity contribution in [2.75, 3.05) is 39.3 Å². The lowest BCUT2D eigenvalue weighted by Crippen LogP contribution is -2.49. The average molecular weight is 461 g/mol. The molecule has 0 spiro atoms. The molecule has 4 nitrogen and oxygen atoms in total. The molecule has 0 saturated carbocycles. The van der Waals surface area contributed by atoms with Gasteiger partial charge in [-0.3, -0.25) is 9.69 Å². The van der Waals surface area contributed by atoms with E-state index in [2.05, 4.69) is 4.90 Å². The molecule has 2 aromatic carbocycles. The third-order valence-electron chi connectivity index (χ3n) is 5.68. The summed E-state index contributed by atoms with van der Waals surface area (Å²) in [7, 11) is 0. The number of ether oxygens (including phenoxy) is 1. The number of rotatable bonds is 8. The molecule has 1 heterocycles. The highest BCUT2D eigenvalue weighted by Gasteiger charge is 2.21. The van der Waals surface area contributed by atoms with Crippen LogP contribution in [0.2, 0.25) is 10.0 Å². The molecule has 1 amide bonds. The van der Waals surface area contributed by atoms with E-state index in [0.29, 0.717) is 16.7 Å².